The number of nitrogens with one attached hydrogen (secondary N) is 1. The van der Waals surface area contributed by atoms with E-state index in [1.807, 2.05) is 13.8 Å². The second-order valence-electron chi connectivity index (χ2n) is 8.75. The number of rotatable bonds is 9. The first-order valence-electron chi connectivity index (χ1n) is 11.9. The van der Waals surface area contributed by atoms with Crippen molar-refractivity contribution in [2.45, 2.75) is 74.3 Å². The summed E-state index contributed by atoms with van der Waals surface area (Å²) >= 11 is 0. The highest BCUT2D eigenvalue weighted by atomic mass is 14.8. The highest BCUT2D eigenvalue weighted by Gasteiger charge is 2.14. The van der Waals surface area contributed by atoms with Crippen molar-refractivity contribution in [3.05, 3.63) is 106 Å². The van der Waals surface area contributed by atoms with Crippen molar-refractivity contribution in [3.63, 3.8) is 0 Å². The fourth-order valence-corrected chi connectivity index (χ4v) is 3.87. The molecule has 32 heavy (non-hydrogen) atoms. The highest BCUT2D eigenvalue weighted by Crippen LogP contribution is 2.28. The Hall–Kier alpha value is -2.38. The quantitative estimate of drug-likeness (QED) is 0.335. The average molecular weight is 432 g/mol. The summed E-state index contributed by atoms with van der Waals surface area (Å²) < 4.78 is 0. The van der Waals surface area contributed by atoms with Gasteiger partial charge < -0.3 is 5.32 Å². The van der Waals surface area contributed by atoms with Crippen LogP contribution in [0.2, 0.25) is 0 Å². The summed E-state index contributed by atoms with van der Waals surface area (Å²) in [5.74, 6) is 1.12. The molecule has 0 aliphatic rings. The summed E-state index contributed by atoms with van der Waals surface area (Å²) in [6.07, 6.45) is 2.24. The van der Waals surface area contributed by atoms with Crippen LogP contribution in [0.25, 0.3) is 0 Å². The summed E-state index contributed by atoms with van der Waals surface area (Å²) in [5.41, 5.74) is 8.23. The van der Waals surface area contributed by atoms with E-state index in [1.165, 1.54) is 33.4 Å². The lowest BCUT2D eigenvalue weighted by atomic mass is 9.87. The molecule has 1 heteroatoms. The molecule has 1 atom stereocenters. The van der Waals surface area contributed by atoms with Gasteiger partial charge in [-0.05, 0) is 61.4 Å². The topological polar surface area (TPSA) is 12.0 Å². The van der Waals surface area contributed by atoms with E-state index >= 15 is 0 Å². The van der Waals surface area contributed by atoms with Gasteiger partial charge in [-0.2, -0.15) is 0 Å². The van der Waals surface area contributed by atoms with Crippen molar-refractivity contribution >= 4 is 0 Å². The number of benzene rings is 3. The molecule has 1 N–H and O–H groups in total. The Labute approximate surface area is 198 Å². The molecule has 0 amide bonds. The second-order valence-corrected chi connectivity index (χ2v) is 8.75. The van der Waals surface area contributed by atoms with Crippen molar-refractivity contribution in [1.29, 1.82) is 0 Å². The van der Waals surface area contributed by atoms with Crippen LogP contribution in [-0.4, -0.2) is 6.54 Å². The maximum absolute atomic E-state index is 3.64. The maximum Gasteiger partial charge on any atom is 0.0205 e. The molecule has 0 bridgehead atoms. The van der Waals surface area contributed by atoms with Crippen LogP contribution >= 0.6 is 0 Å². The highest BCUT2D eigenvalue weighted by molar-refractivity contribution is 5.35. The van der Waals surface area contributed by atoms with Crippen molar-refractivity contribution in [3.8, 4) is 0 Å². The molecule has 0 radical (unpaired) electrons. The molecule has 174 valence electrons. The molecule has 3 aromatic rings. The van der Waals surface area contributed by atoms with Gasteiger partial charge in [0.1, 0.15) is 0 Å². The van der Waals surface area contributed by atoms with Gasteiger partial charge in [-0.15, -0.1) is 0 Å². The van der Waals surface area contributed by atoms with Crippen LogP contribution in [-0.2, 0) is 13.0 Å². The third-order valence-electron chi connectivity index (χ3n) is 5.57. The van der Waals surface area contributed by atoms with Crippen LogP contribution in [0.1, 0.15) is 80.8 Å². The molecule has 0 aliphatic heterocycles. The SMILES string of the molecule is C.CC.Cc1ccc(CNCCC(c2ccc(C)cc2)c2ccc(CC(C)C)cc2)cc1. The van der Waals surface area contributed by atoms with E-state index in [0.717, 1.165) is 25.9 Å². The summed E-state index contributed by atoms with van der Waals surface area (Å²) in [6.45, 7) is 14.8. The minimum atomic E-state index is 0. The van der Waals surface area contributed by atoms with E-state index < -0.39 is 0 Å². The predicted molar refractivity (Wildman–Crippen MR) is 144 cm³/mol. The molecule has 0 aliphatic carbocycles. The Morgan fingerprint density at radius 2 is 1.09 bits per heavy atom. The van der Waals surface area contributed by atoms with E-state index in [9.17, 15) is 0 Å². The minimum Gasteiger partial charge on any atom is -0.313 e. The fourth-order valence-electron chi connectivity index (χ4n) is 3.87. The van der Waals surface area contributed by atoms with E-state index in [0.29, 0.717) is 11.8 Å². The summed E-state index contributed by atoms with van der Waals surface area (Å²) in [6, 6.07) is 27.2. The maximum atomic E-state index is 3.64. The summed E-state index contributed by atoms with van der Waals surface area (Å²) in [4.78, 5) is 0. The molecule has 0 fully saturated rings. The number of hydrogen-bond acceptors (Lipinski definition) is 1. The lowest BCUT2D eigenvalue weighted by Gasteiger charge is -2.19. The van der Waals surface area contributed by atoms with Gasteiger partial charge in [0.25, 0.3) is 0 Å². The molecule has 0 heterocycles. The van der Waals surface area contributed by atoms with Crippen LogP contribution in [0.5, 0.6) is 0 Å². The molecule has 1 unspecified atom stereocenters. The fraction of sp³-hybridized carbons (Fsp3) is 0.419. The molecule has 1 nitrogen and oxygen atoms in total. The zero-order chi connectivity index (χ0) is 22.6. The average Bonchev–Trinajstić information content (AvgIpc) is 2.78. The second kappa shape index (κ2) is 14.6. The monoisotopic (exact) mass is 431 g/mol. The molecule has 0 saturated heterocycles. The van der Waals surface area contributed by atoms with Gasteiger partial charge >= 0.3 is 0 Å². The van der Waals surface area contributed by atoms with Crippen LogP contribution in [0.15, 0.2) is 72.8 Å². The summed E-state index contributed by atoms with van der Waals surface area (Å²) in [5, 5.41) is 3.64. The van der Waals surface area contributed by atoms with Gasteiger partial charge in [0.05, 0.1) is 0 Å². The third-order valence-corrected chi connectivity index (χ3v) is 5.57. The van der Waals surface area contributed by atoms with Crippen LogP contribution in [0, 0.1) is 19.8 Å². The Kier molecular flexibility index (Phi) is 12.7. The number of aryl methyl sites for hydroxylation is 2. The largest absolute Gasteiger partial charge is 0.313 e. The molecule has 0 saturated carbocycles. The molecular weight excluding hydrogens is 386 g/mol. The minimum absolute atomic E-state index is 0. The van der Waals surface area contributed by atoms with E-state index in [2.05, 4.69) is 106 Å². The van der Waals surface area contributed by atoms with Gasteiger partial charge in [-0.3, -0.25) is 0 Å². The van der Waals surface area contributed by atoms with Crippen LogP contribution in [0.3, 0.4) is 0 Å². The molecule has 0 aromatic heterocycles. The zero-order valence-electron chi connectivity index (χ0n) is 20.4. The van der Waals surface area contributed by atoms with Crippen LogP contribution < -0.4 is 5.32 Å². The molecule has 3 rings (SSSR count). The lowest BCUT2D eigenvalue weighted by molar-refractivity contribution is 0.610. The molecule has 0 spiro atoms. The predicted octanol–water partition coefficient (Wildman–Crippen LogP) is 8.48. The first-order chi connectivity index (χ1) is 15.0. The number of hydrogen-bond donors (Lipinski definition) is 1. The Morgan fingerprint density at radius 1 is 0.656 bits per heavy atom. The molecule has 3 aromatic carbocycles. The van der Waals surface area contributed by atoms with Gasteiger partial charge in [0.2, 0.25) is 0 Å². The lowest BCUT2D eigenvalue weighted by Crippen LogP contribution is -2.18. The Morgan fingerprint density at radius 3 is 1.59 bits per heavy atom. The van der Waals surface area contributed by atoms with E-state index in [4.69, 9.17) is 0 Å². The van der Waals surface area contributed by atoms with Crippen molar-refractivity contribution in [2.75, 3.05) is 6.54 Å². The smallest absolute Gasteiger partial charge is 0.0205 e. The first-order valence-corrected chi connectivity index (χ1v) is 11.9. The van der Waals surface area contributed by atoms with E-state index in [-0.39, 0.29) is 7.43 Å². The van der Waals surface area contributed by atoms with Crippen molar-refractivity contribution < 1.29 is 0 Å². The Bertz CT molecular complexity index is 858. The van der Waals surface area contributed by atoms with Crippen LogP contribution in [0.4, 0.5) is 0 Å². The standard InChI is InChI=1S/C28H35N.C2H6.CH4/c1-21(2)19-24-11-15-27(16-12-24)28(26-13-7-23(4)8-14-26)17-18-29-20-25-9-5-22(3)6-10-25;1-2;/h5-16,21,28-29H,17-20H2,1-4H3;1-2H3;1H4. The van der Waals surface area contributed by atoms with E-state index in [1.54, 1.807) is 0 Å². The molecular formula is C31H45N. The normalized spacial score (nSPS) is 11.3. The van der Waals surface area contributed by atoms with Gasteiger partial charge in [0, 0.05) is 12.5 Å². The first kappa shape index (κ1) is 27.7. The third kappa shape index (κ3) is 9.01. The van der Waals surface area contributed by atoms with Crippen molar-refractivity contribution in [1.82, 2.24) is 5.32 Å². The van der Waals surface area contributed by atoms with Gasteiger partial charge in [-0.1, -0.05) is 119 Å². The van der Waals surface area contributed by atoms with Gasteiger partial charge in [-0.25, -0.2) is 0 Å². The van der Waals surface area contributed by atoms with Crippen molar-refractivity contribution in [2.24, 2.45) is 5.92 Å². The zero-order valence-corrected chi connectivity index (χ0v) is 20.4. The summed E-state index contributed by atoms with van der Waals surface area (Å²) in [7, 11) is 0. The van der Waals surface area contributed by atoms with Gasteiger partial charge in [0.15, 0.2) is 0 Å². The Balaban J connectivity index is 0.00000166.